The highest BCUT2D eigenvalue weighted by molar-refractivity contribution is 7.91. The van der Waals surface area contributed by atoms with Crippen LogP contribution in [-0.2, 0) is 19.4 Å². The van der Waals surface area contributed by atoms with Gasteiger partial charge in [-0.15, -0.1) is 0 Å². The van der Waals surface area contributed by atoms with Crippen LogP contribution >= 0.6 is 0 Å². The highest BCUT2D eigenvalue weighted by atomic mass is 32.2. The van der Waals surface area contributed by atoms with E-state index in [1.807, 2.05) is 6.92 Å². The van der Waals surface area contributed by atoms with Gasteiger partial charge in [0, 0.05) is 24.9 Å². The molecule has 3 unspecified atom stereocenters. The first-order chi connectivity index (χ1) is 24.9. The summed E-state index contributed by atoms with van der Waals surface area (Å²) in [5.74, 6) is 4.33. The summed E-state index contributed by atoms with van der Waals surface area (Å²) in [6, 6.07) is 0. The van der Waals surface area contributed by atoms with Crippen molar-refractivity contribution in [2.75, 3.05) is 39.0 Å². The fraction of sp³-hybridized carbons (Fsp3) is 0.848. The standard InChI is InChI=1S/C46H72N2O4S/c1-10-52-41(49)39-33-27-30(28-34(33)39)35-14-18-43(6)37(42(35,4)5)15-19-45(8)38(43)12-11-36-40-32(29(2)3)13-20-46(40,22-21-44(36,45)7)47-23-26-48-24-16-31(17-25-48)53(9,50)51/h14,27,31-34,36-40,47H,2,10-13,15-26,28H2,1,3-9H3/t32-,33?,34?,36+,37-,38+,39?,40+,43-,44+,45+,46-/m0/s1. The molecule has 1 heterocycles. The van der Waals surface area contributed by atoms with Crippen LogP contribution in [0.5, 0.6) is 0 Å². The molecular weight excluding hydrogens is 677 g/mol. The Hall–Kier alpha value is -1.44. The third-order valence-corrected chi connectivity index (χ3v) is 20.4. The number of fused-ring (bicyclic) bond motifs is 8. The van der Waals surface area contributed by atoms with E-state index in [4.69, 9.17) is 4.74 Å². The first-order valence-electron chi connectivity index (χ1n) is 21.8. The first-order valence-corrected chi connectivity index (χ1v) is 23.8. The Bertz CT molecular complexity index is 1670. The summed E-state index contributed by atoms with van der Waals surface area (Å²) in [4.78, 5) is 15.0. The predicted molar refractivity (Wildman–Crippen MR) is 215 cm³/mol. The zero-order chi connectivity index (χ0) is 37.9. The highest BCUT2D eigenvalue weighted by Crippen LogP contribution is 2.77. The molecule has 7 heteroatoms. The lowest BCUT2D eigenvalue weighted by molar-refractivity contribution is -0.221. The summed E-state index contributed by atoms with van der Waals surface area (Å²) in [6.45, 7) is 26.5. The van der Waals surface area contributed by atoms with Crippen LogP contribution in [0.25, 0.3) is 0 Å². The lowest BCUT2D eigenvalue weighted by Gasteiger charge is -2.72. The molecule has 12 atom stereocenters. The van der Waals surface area contributed by atoms with Gasteiger partial charge in [0.25, 0.3) is 0 Å². The number of carbonyl (C=O) groups is 1. The number of nitrogens with one attached hydrogen (secondary N) is 1. The minimum absolute atomic E-state index is 0.0181. The Labute approximate surface area is 322 Å². The van der Waals surface area contributed by atoms with Crippen molar-refractivity contribution in [3.8, 4) is 0 Å². The summed E-state index contributed by atoms with van der Waals surface area (Å²) >= 11 is 0. The maximum Gasteiger partial charge on any atom is 0.309 e. The fourth-order valence-electron chi connectivity index (χ4n) is 15.8. The lowest BCUT2D eigenvalue weighted by Crippen LogP contribution is -2.68. The van der Waals surface area contributed by atoms with Crippen molar-refractivity contribution in [3.63, 3.8) is 0 Å². The van der Waals surface area contributed by atoms with E-state index in [9.17, 15) is 13.2 Å². The van der Waals surface area contributed by atoms with Crippen molar-refractivity contribution in [2.24, 2.45) is 69.0 Å². The number of carbonyl (C=O) groups excluding carboxylic acids is 1. The van der Waals surface area contributed by atoms with Gasteiger partial charge in [0.1, 0.15) is 9.84 Å². The molecule has 0 radical (unpaired) electrons. The maximum atomic E-state index is 12.5. The average molecular weight is 749 g/mol. The van der Waals surface area contributed by atoms with E-state index >= 15 is 0 Å². The molecule has 53 heavy (non-hydrogen) atoms. The quantitative estimate of drug-likeness (QED) is 0.188. The third-order valence-electron chi connectivity index (χ3n) is 18.7. The molecule has 296 valence electrons. The van der Waals surface area contributed by atoms with E-state index in [-0.39, 0.29) is 28.1 Å². The molecule has 1 N–H and O–H groups in total. The summed E-state index contributed by atoms with van der Waals surface area (Å²) in [5, 5.41) is 4.12. The third kappa shape index (κ3) is 5.78. The monoisotopic (exact) mass is 749 g/mol. The number of piperidine rings is 1. The number of allylic oxidation sites excluding steroid dienone is 5. The van der Waals surface area contributed by atoms with Crippen LogP contribution < -0.4 is 5.32 Å². The average Bonchev–Trinajstić information content (AvgIpc) is 3.37. The number of hydrogen-bond donors (Lipinski definition) is 1. The molecule has 8 aliphatic rings. The molecule has 7 aliphatic carbocycles. The number of hydrogen-bond acceptors (Lipinski definition) is 6. The highest BCUT2D eigenvalue weighted by Gasteiger charge is 2.70. The van der Waals surface area contributed by atoms with Gasteiger partial charge in [0.15, 0.2) is 0 Å². The van der Waals surface area contributed by atoms with Crippen LogP contribution in [0.1, 0.15) is 126 Å². The molecule has 6 fully saturated rings. The van der Waals surface area contributed by atoms with E-state index < -0.39 is 9.84 Å². The van der Waals surface area contributed by atoms with Gasteiger partial charge >= 0.3 is 5.97 Å². The minimum atomic E-state index is -2.94. The molecule has 1 saturated heterocycles. The Morgan fingerprint density at radius 3 is 2.34 bits per heavy atom. The Balaban J connectivity index is 1.00. The SMILES string of the molecule is C=C(C)[C@@H]1CC[C@]2(NCCN3CCC(S(C)(=O)=O)CC3)CC[C@]3(C)[C@H](CC[C@@H]4[C@@]5(C)CC=C(C6=CC7C(C6)C7C(=O)OCC)C(C)(C)[C@@H]5CC[C@]43C)[C@@H]12. The summed E-state index contributed by atoms with van der Waals surface area (Å²) in [7, 11) is -2.94. The van der Waals surface area contributed by atoms with Crippen molar-refractivity contribution in [2.45, 2.75) is 136 Å². The van der Waals surface area contributed by atoms with Crippen molar-refractivity contribution in [3.05, 3.63) is 35.5 Å². The van der Waals surface area contributed by atoms with Gasteiger partial charge in [-0.2, -0.15) is 0 Å². The van der Waals surface area contributed by atoms with E-state index in [0.717, 1.165) is 51.4 Å². The van der Waals surface area contributed by atoms with Crippen LogP contribution in [0.2, 0.25) is 0 Å². The minimum Gasteiger partial charge on any atom is -0.466 e. The molecule has 0 amide bonds. The molecular formula is C46H72N2O4S. The molecule has 1 aliphatic heterocycles. The molecule has 0 bridgehead atoms. The lowest BCUT2D eigenvalue weighted by atomic mass is 9.33. The fourth-order valence-corrected chi connectivity index (χ4v) is 16.9. The van der Waals surface area contributed by atoms with E-state index in [2.05, 4.69) is 70.5 Å². The summed E-state index contributed by atoms with van der Waals surface area (Å²) in [6.07, 6.45) is 20.8. The van der Waals surface area contributed by atoms with Gasteiger partial charge in [0.2, 0.25) is 0 Å². The van der Waals surface area contributed by atoms with Gasteiger partial charge < -0.3 is 15.0 Å². The second-order valence-corrected chi connectivity index (χ2v) is 23.4. The molecule has 0 aromatic carbocycles. The van der Waals surface area contributed by atoms with Crippen molar-refractivity contribution < 1.29 is 17.9 Å². The number of esters is 1. The molecule has 0 spiro atoms. The van der Waals surface area contributed by atoms with Gasteiger partial charge in [-0.05, 0) is 178 Å². The number of nitrogens with zero attached hydrogens (tertiary/aromatic N) is 1. The zero-order valence-electron chi connectivity index (χ0n) is 34.6. The Morgan fingerprint density at radius 2 is 1.70 bits per heavy atom. The summed E-state index contributed by atoms with van der Waals surface area (Å²) < 4.78 is 29.7. The molecule has 6 nitrogen and oxygen atoms in total. The van der Waals surface area contributed by atoms with Gasteiger partial charge in [-0.1, -0.05) is 58.9 Å². The first kappa shape index (κ1) is 38.4. The molecule has 8 rings (SSSR count). The van der Waals surface area contributed by atoms with Gasteiger partial charge in [0.05, 0.1) is 17.8 Å². The second kappa shape index (κ2) is 13.0. The molecule has 5 saturated carbocycles. The summed E-state index contributed by atoms with van der Waals surface area (Å²) in [5.41, 5.74) is 5.79. The number of ether oxygens (including phenoxy) is 1. The maximum absolute atomic E-state index is 12.5. The van der Waals surface area contributed by atoms with Crippen LogP contribution in [0.15, 0.2) is 35.5 Å². The van der Waals surface area contributed by atoms with Crippen LogP contribution in [0.4, 0.5) is 0 Å². The Kier molecular flexibility index (Phi) is 9.46. The van der Waals surface area contributed by atoms with Crippen LogP contribution in [0, 0.1) is 69.0 Å². The largest absolute Gasteiger partial charge is 0.466 e. The number of rotatable bonds is 9. The molecule has 0 aromatic heterocycles. The topological polar surface area (TPSA) is 75.7 Å². The Morgan fingerprint density at radius 1 is 0.962 bits per heavy atom. The van der Waals surface area contributed by atoms with Crippen molar-refractivity contribution in [1.82, 2.24) is 10.2 Å². The zero-order valence-corrected chi connectivity index (χ0v) is 35.4. The smallest absolute Gasteiger partial charge is 0.309 e. The van der Waals surface area contributed by atoms with E-state index in [0.29, 0.717) is 58.4 Å². The van der Waals surface area contributed by atoms with Crippen LogP contribution in [0.3, 0.4) is 0 Å². The van der Waals surface area contributed by atoms with Crippen LogP contribution in [-0.4, -0.2) is 69.1 Å². The van der Waals surface area contributed by atoms with Crippen molar-refractivity contribution >= 4 is 15.8 Å². The van der Waals surface area contributed by atoms with E-state index in [1.165, 1.54) is 75.2 Å². The molecule has 0 aromatic rings. The number of likely N-dealkylation sites (tertiary alicyclic amines) is 1. The predicted octanol–water partition coefficient (Wildman–Crippen LogP) is 8.79. The number of sulfone groups is 1. The van der Waals surface area contributed by atoms with Crippen molar-refractivity contribution in [1.29, 1.82) is 0 Å². The van der Waals surface area contributed by atoms with E-state index in [1.54, 1.807) is 5.57 Å². The van der Waals surface area contributed by atoms with Gasteiger partial charge in [-0.25, -0.2) is 8.42 Å². The normalized spacial score (nSPS) is 46.2. The second-order valence-electron chi connectivity index (χ2n) is 21.1. The van der Waals surface area contributed by atoms with Gasteiger partial charge in [-0.3, -0.25) is 4.79 Å².